The average Bonchev–Trinajstić information content (AvgIpc) is 2.69. The molecule has 12 heteroatoms. The van der Waals surface area contributed by atoms with E-state index in [1.165, 1.54) is 6.07 Å². The van der Waals surface area contributed by atoms with E-state index in [-0.39, 0.29) is 5.69 Å². The third-order valence-corrected chi connectivity index (χ3v) is 4.44. The zero-order chi connectivity index (χ0) is 21.9. The summed E-state index contributed by atoms with van der Waals surface area (Å²) in [4.78, 5) is 36.2. The van der Waals surface area contributed by atoms with Crippen molar-refractivity contribution < 1.29 is 27.6 Å². The maximum Gasteiger partial charge on any atom is 0.416 e. The Hall–Kier alpha value is -3.41. The molecule has 1 amide bonds. The molecule has 0 atom stereocenters. The summed E-state index contributed by atoms with van der Waals surface area (Å²) in [6, 6.07) is 4.95. The Labute approximate surface area is 167 Å². The highest BCUT2D eigenvalue weighted by Crippen LogP contribution is 2.35. The smallest absolute Gasteiger partial charge is 0.378 e. The van der Waals surface area contributed by atoms with Crippen molar-refractivity contribution in [3.8, 4) is 0 Å². The van der Waals surface area contributed by atoms with E-state index in [0.29, 0.717) is 32.0 Å². The number of hydrogen-bond acceptors (Lipinski definition) is 6. The average molecular weight is 426 g/mol. The monoisotopic (exact) mass is 426 g/mol. The number of alkyl halides is 3. The van der Waals surface area contributed by atoms with Crippen LogP contribution in [0.15, 0.2) is 41.3 Å². The second kappa shape index (κ2) is 8.53. The zero-order valence-electron chi connectivity index (χ0n) is 15.5. The van der Waals surface area contributed by atoms with Gasteiger partial charge >= 0.3 is 6.18 Å². The number of rotatable bonds is 5. The normalized spacial score (nSPS) is 14.4. The van der Waals surface area contributed by atoms with Gasteiger partial charge in [-0.3, -0.25) is 24.3 Å². The zero-order valence-corrected chi connectivity index (χ0v) is 15.5. The number of carbonyl (C=O) groups excluding carboxylic acids is 1. The summed E-state index contributed by atoms with van der Waals surface area (Å²) in [6.07, 6.45) is -3.71. The molecule has 3 rings (SSSR count). The van der Waals surface area contributed by atoms with Crippen LogP contribution in [0.1, 0.15) is 5.56 Å². The molecule has 0 unspecified atom stereocenters. The molecular weight excluding hydrogens is 409 g/mol. The minimum absolute atomic E-state index is 0.0739. The summed E-state index contributed by atoms with van der Waals surface area (Å²) >= 11 is 0. The Morgan fingerprint density at radius 3 is 2.53 bits per heavy atom. The summed E-state index contributed by atoms with van der Waals surface area (Å²) in [7, 11) is 0. The Kier molecular flexibility index (Phi) is 6.06. The van der Waals surface area contributed by atoms with Crippen LogP contribution in [-0.4, -0.2) is 41.7 Å². The fourth-order valence-corrected chi connectivity index (χ4v) is 2.99. The van der Waals surface area contributed by atoms with Crippen LogP contribution in [-0.2, 0) is 22.3 Å². The first-order valence-corrected chi connectivity index (χ1v) is 8.84. The number of nitrogens with one attached hydrogen (secondary N) is 1. The van der Waals surface area contributed by atoms with Crippen LogP contribution in [0.25, 0.3) is 0 Å². The van der Waals surface area contributed by atoms with E-state index < -0.39 is 40.4 Å². The van der Waals surface area contributed by atoms with Gasteiger partial charge < -0.3 is 15.0 Å². The first-order chi connectivity index (χ1) is 14.1. The maximum atomic E-state index is 13.1. The van der Waals surface area contributed by atoms with Gasteiger partial charge in [0.05, 0.1) is 41.3 Å². The minimum atomic E-state index is -4.61. The topological polar surface area (TPSA) is 107 Å². The Morgan fingerprint density at radius 2 is 1.90 bits per heavy atom. The largest absolute Gasteiger partial charge is 0.416 e. The van der Waals surface area contributed by atoms with Gasteiger partial charge in [-0.2, -0.15) is 13.2 Å². The van der Waals surface area contributed by atoms with E-state index in [2.05, 4.69) is 5.32 Å². The lowest BCUT2D eigenvalue weighted by Crippen LogP contribution is -2.37. The number of morpholine rings is 1. The molecule has 0 bridgehead atoms. The van der Waals surface area contributed by atoms with Gasteiger partial charge in [-0.1, -0.05) is 0 Å². The van der Waals surface area contributed by atoms with E-state index in [1.807, 2.05) is 0 Å². The third-order valence-electron chi connectivity index (χ3n) is 4.44. The van der Waals surface area contributed by atoms with Crippen molar-refractivity contribution in [2.24, 2.45) is 0 Å². The molecule has 2 aromatic rings. The van der Waals surface area contributed by atoms with Crippen LogP contribution in [0.4, 0.5) is 30.2 Å². The first-order valence-electron chi connectivity index (χ1n) is 8.84. The molecule has 1 aliphatic rings. The van der Waals surface area contributed by atoms with E-state index >= 15 is 0 Å². The molecule has 1 fully saturated rings. The fraction of sp³-hybridized carbons (Fsp3) is 0.333. The molecule has 9 nitrogen and oxygen atoms in total. The molecule has 30 heavy (non-hydrogen) atoms. The Morgan fingerprint density at radius 1 is 1.20 bits per heavy atom. The lowest BCUT2D eigenvalue weighted by atomic mass is 10.1. The van der Waals surface area contributed by atoms with Crippen molar-refractivity contribution >= 4 is 23.0 Å². The predicted octanol–water partition coefficient (Wildman–Crippen LogP) is 2.25. The second-order valence-electron chi connectivity index (χ2n) is 6.49. The lowest BCUT2D eigenvalue weighted by molar-refractivity contribution is -0.385. The van der Waals surface area contributed by atoms with Crippen LogP contribution < -0.4 is 15.8 Å². The first kappa shape index (κ1) is 21.3. The van der Waals surface area contributed by atoms with Gasteiger partial charge in [0.25, 0.3) is 11.2 Å². The molecule has 160 valence electrons. The molecule has 0 saturated carbocycles. The van der Waals surface area contributed by atoms with Crippen molar-refractivity contribution in [3.05, 3.63) is 62.6 Å². The van der Waals surface area contributed by atoms with Crippen LogP contribution in [0.5, 0.6) is 0 Å². The maximum absolute atomic E-state index is 13.1. The number of aromatic nitrogens is 1. The Bertz CT molecular complexity index is 1020. The molecule has 0 radical (unpaired) electrons. The van der Waals surface area contributed by atoms with Gasteiger partial charge in [-0.05, 0) is 18.2 Å². The fourth-order valence-electron chi connectivity index (χ4n) is 2.99. The predicted molar refractivity (Wildman–Crippen MR) is 100 cm³/mol. The number of amides is 1. The summed E-state index contributed by atoms with van der Waals surface area (Å²) in [5.41, 5.74) is -1.69. The van der Waals surface area contributed by atoms with Crippen molar-refractivity contribution in [3.63, 3.8) is 0 Å². The van der Waals surface area contributed by atoms with E-state index in [0.717, 1.165) is 35.0 Å². The molecule has 1 saturated heterocycles. The summed E-state index contributed by atoms with van der Waals surface area (Å²) in [6.45, 7) is 1.03. The standard InChI is InChI=1S/C18H17F3N4O5/c19-18(20,21)12-1-3-15(23-5-7-30-8-6-23)14(9-12)22-16(26)11-24-10-13(25(28)29)2-4-17(24)27/h1-4,9-10H,5-8,11H2,(H,22,26). The number of carbonyl (C=O) groups is 1. The quantitative estimate of drug-likeness (QED) is 0.581. The van der Waals surface area contributed by atoms with Crippen molar-refractivity contribution in [2.45, 2.75) is 12.7 Å². The molecule has 1 aliphatic heterocycles. The van der Waals surface area contributed by atoms with Crippen LogP contribution in [0.2, 0.25) is 0 Å². The van der Waals surface area contributed by atoms with Crippen molar-refractivity contribution in [1.82, 2.24) is 4.57 Å². The molecule has 1 aromatic carbocycles. The summed E-state index contributed by atoms with van der Waals surface area (Å²) in [5.74, 6) is -0.800. The molecule has 0 spiro atoms. The summed E-state index contributed by atoms with van der Waals surface area (Å²) < 4.78 is 45.5. The second-order valence-corrected chi connectivity index (χ2v) is 6.49. The van der Waals surface area contributed by atoms with E-state index in [1.54, 1.807) is 4.90 Å². The number of anilines is 2. The molecule has 1 aromatic heterocycles. The number of halogens is 3. The lowest BCUT2D eigenvalue weighted by Gasteiger charge is -2.31. The number of pyridine rings is 1. The number of nitrogens with zero attached hydrogens (tertiary/aromatic N) is 3. The summed E-state index contributed by atoms with van der Waals surface area (Å²) in [5, 5.41) is 13.3. The van der Waals surface area contributed by atoms with Gasteiger partial charge in [0.2, 0.25) is 5.91 Å². The molecular formula is C18H17F3N4O5. The van der Waals surface area contributed by atoms with Gasteiger partial charge in [0, 0.05) is 25.2 Å². The van der Waals surface area contributed by atoms with Crippen LogP contribution >= 0.6 is 0 Å². The van der Waals surface area contributed by atoms with Gasteiger partial charge in [-0.15, -0.1) is 0 Å². The van der Waals surface area contributed by atoms with E-state index in [9.17, 15) is 32.9 Å². The van der Waals surface area contributed by atoms with Crippen molar-refractivity contribution in [1.29, 1.82) is 0 Å². The van der Waals surface area contributed by atoms with E-state index in [4.69, 9.17) is 4.74 Å². The molecule has 2 heterocycles. The molecule has 0 aliphatic carbocycles. The minimum Gasteiger partial charge on any atom is -0.378 e. The third kappa shape index (κ3) is 4.95. The van der Waals surface area contributed by atoms with Crippen LogP contribution in [0.3, 0.4) is 0 Å². The van der Waals surface area contributed by atoms with Gasteiger partial charge in [0.1, 0.15) is 6.54 Å². The highest BCUT2D eigenvalue weighted by Gasteiger charge is 2.32. The number of nitro groups is 1. The van der Waals surface area contributed by atoms with Gasteiger partial charge in [0.15, 0.2) is 0 Å². The van der Waals surface area contributed by atoms with Crippen molar-refractivity contribution in [2.75, 3.05) is 36.5 Å². The van der Waals surface area contributed by atoms with Gasteiger partial charge in [-0.25, -0.2) is 0 Å². The van der Waals surface area contributed by atoms with Crippen LogP contribution in [0, 0.1) is 10.1 Å². The Balaban J connectivity index is 1.88. The number of ether oxygens (including phenoxy) is 1. The highest BCUT2D eigenvalue weighted by molar-refractivity contribution is 5.94. The molecule has 1 N–H and O–H groups in total. The SMILES string of the molecule is O=C(Cn1cc([N+](=O)[O-])ccc1=O)Nc1cc(C(F)(F)F)ccc1N1CCOCC1. The highest BCUT2D eigenvalue weighted by atomic mass is 19.4. The number of benzene rings is 1. The number of hydrogen-bond donors (Lipinski definition) is 1.